The Kier molecular flexibility index (Phi) is 7.79. The highest BCUT2D eigenvalue weighted by Crippen LogP contribution is 2.34. The molecule has 1 atom stereocenters. The minimum atomic E-state index is -4.37. The zero-order valence-corrected chi connectivity index (χ0v) is 20.5. The monoisotopic (exact) mass is 516 g/mol. The minimum Gasteiger partial charge on any atom is -0.497 e. The van der Waals surface area contributed by atoms with Gasteiger partial charge in [-0.3, -0.25) is 9.67 Å². The van der Waals surface area contributed by atoms with E-state index >= 15 is 0 Å². The molecule has 4 rings (SSSR count). The summed E-state index contributed by atoms with van der Waals surface area (Å²) in [7, 11) is 4.85. The Morgan fingerprint density at radius 3 is 2.38 bits per heavy atom. The molecule has 2 heterocycles. The van der Waals surface area contributed by atoms with Crippen molar-refractivity contribution in [2.45, 2.75) is 12.3 Å². The number of anilines is 2. The summed E-state index contributed by atoms with van der Waals surface area (Å²) in [4.78, 5) is 11.0. The van der Waals surface area contributed by atoms with Gasteiger partial charge in [0.15, 0.2) is 0 Å². The minimum absolute atomic E-state index is 0.0115. The van der Waals surface area contributed by atoms with E-state index in [1.807, 2.05) is 25.4 Å². The van der Waals surface area contributed by atoms with Crippen LogP contribution in [0.25, 0.3) is 22.3 Å². The lowest BCUT2D eigenvalue weighted by Crippen LogP contribution is -2.39. The average molecular weight is 517 g/mol. The first-order valence-corrected chi connectivity index (χ1v) is 11.4. The molecule has 9 nitrogen and oxygen atoms in total. The number of ether oxygens (including phenoxy) is 2. The van der Waals surface area contributed by atoms with Gasteiger partial charge in [0.1, 0.15) is 11.5 Å². The molecule has 0 spiro atoms. The fourth-order valence-electron chi connectivity index (χ4n) is 3.82. The summed E-state index contributed by atoms with van der Waals surface area (Å²) in [5.41, 5.74) is 3.97. The summed E-state index contributed by atoms with van der Waals surface area (Å²) in [5.74, 6) is 1.03. The van der Waals surface area contributed by atoms with Crippen molar-refractivity contribution < 1.29 is 27.8 Å². The fourth-order valence-corrected chi connectivity index (χ4v) is 3.82. The van der Waals surface area contributed by atoms with E-state index in [9.17, 15) is 18.3 Å². The van der Waals surface area contributed by atoms with Crippen LogP contribution in [0.3, 0.4) is 0 Å². The summed E-state index contributed by atoms with van der Waals surface area (Å²) >= 11 is 0. The van der Waals surface area contributed by atoms with Crippen molar-refractivity contribution in [1.29, 1.82) is 0 Å². The summed E-state index contributed by atoms with van der Waals surface area (Å²) in [6.45, 7) is -1.46. The first-order valence-electron chi connectivity index (χ1n) is 11.4. The molecule has 12 heteroatoms. The van der Waals surface area contributed by atoms with Gasteiger partial charge in [-0.2, -0.15) is 18.3 Å². The molecule has 4 aromatic rings. The molecule has 0 bridgehead atoms. The third-order valence-electron chi connectivity index (χ3n) is 5.58. The van der Waals surface area contributed by atoms with Crippen LogP contribution in [-0.2, 0) is 7.05 Å². The number of fused-ring (bicyclic) bond motifs is 1. The number of hydrogen-bond acceptors (Lipinski definition) is 8. The second kappa shape index (κ2) is 11.0. The Labute approximate surface area is 211 Å². The van der Waals surface area contributed by atoms with Crippen molar-refractivity contribution in [3.05, 3.63) is 55.0 Å². The summed E-state index contributed by atoms with van der Waals surface area (Å²) in [6.07, 6.45) is -0.303. The molecule has 37 heavy (non-hydrogen) atoms. The van der Waals surface area contributed by atoms with Crippen molar-refractivity contribution in [3.8, 4) is 22.8 Å². The van der Waals surface area contributed by atoms with Gasteiger partial charge < -0.3 is 24.8 Å². The molecule has 0 saturated heterocycles. The Morgan fingerprint density at radius 2 is 1.76 bits per heavy atom. The smallest absolute Gasteiger partial charge is 0.401 e. The van der Waals surface area contributed by atoms with E-state index in [1.54, 1.807) is 46.2 Å². The molecule has 0 amide bonds. The van der Waals surface area contributed by atoms with Crippen LogP contribution in [0.2, 0.25) is 0 Å². The van der Waals surface area contributed by atoms with E-state index in [0.29, 0.717) is 39.6 Å². The van der Waals surface area contributed by atoms with Crippen molar-refractivity contribution in [1.82, 2.24) is 25.1 Å². The van der Waals surface area contributed by atoms with Gasteiger partial charge in [0.05, 0.1) is 62.5 Å². The van der Waals surface area contributed by atoms with E-state index in [4.69, 9.17) is 14.5 Å². The number of aliphatic hydroxyl groups is 1. The Bertz CT molecular complexity index is 1340. The lowest BCUT2D eigenvalue weighted by Gasteiger charge is -2.28. The van der Waals surface area contributed by atoms with Gasteiger partial charge in [-0.15, -0.1) is 0 Å². The van der Waals surface area contributed by atoms with Crippen LogP contribution in [0.1, 0.15) is 0 Å². The van der Waals surface area contributed by atoms with Crippen LogP contribution in [0.5, 0.6) is 11.5 Å². The van der Waals surface area contributed by atoms with Crippen LogP contribution >= 0.6 is 0 Å². The topological polar surface area (TPSA) is 97.6 Å². The number of aliphatic hydroxyl groups excluding tert-OH is 1. The maximum Gasteiger partial charge on any atom is 0.401 e. The van der Waals surface area contributed by atoms with Gasteiger partial charge >= 0.3 is 6.18 Å². The predicted octanol–water partition coefficient (Wildman–Crippen LogP) is 3.70. The maximum absolute atomic E-state index is 12.6. The van der Waals surface area contributed by atoms with E-state index < -0.39 is 18.8 Å². The van der Waals surface area contributed by atoms with E-state index in [-0.39, 0.29) is 13.1 Å². The molecular weight excluding hydrogens is 489 g/mol. The van der Waals surface area contributed by atoms with Crippen LogP contribution in [-0.4, -0.2) is 71.0 Å². The van der Waals surface area contributed by atoms with Crippen molar-refractivity contribution in [2.24, 2.45) is 7.05 Å². The standard InChI is InChI=1S/C25H27F3N6O3/c1-33-13-16(10-31-33)24-12-30-22-5-4-17(8-23(22)32-24)34(14-19(35)11-29-15-25(26,27)28)18-6-20(36-2)9-21(7-18)37-3/h4-10,12-13,19,29,35H,11,14-15H2,1-3H3. The van der Waals surface area contributed by atoms with Gasteiger partial charge in [0.25, 0.3) is 0 Å². The maximum atomic E-state index is 12.6. The Hall–Kier alpha value is -3.90. The molecule has 2 aromatic heterocycles. The molecule has 0 saturated carbocycles. The lowest BCUT2D eigenvalue weighted by atomic mass is 10.1. The number of nitrogens with one attached hydrogen (secondary N) is 1. The number of rotatable bonds is 10. The predicted molar refractivity (Wildman–Crippen MR) is 133 cm³/mol. The fraction of sp³-hybridized carbons (Fsp3) is 0.320. The quantitative estimate of drug-likeness (QED) is 0.329. The molecule has 1 unspecified atom stereocenters. The summed E-state index contributed by atoms with van der Waals surface area (Å²) < 4.78 is 50.2. The second-order valence-corrected chi connectivity index (χ2v) is 8.41. The third-order valence-corrected chi connectivity index (χ3v) is 5.58. The SMILES string of the molecule is COc1cc(OC)cc(N(CC(O)CNCC(F)(F)F)c2ccc3ncc(-c4cnn(C)c4)nc3c2)c1. The number of hydrogen-bond donors (Lipinski definition) is 2. The number of halogens is 3. The molecule has 2 aromatic carbocycles. The highest BCUT2D eigenvalue weighted by molar-refractivity contribution is 5.82. The van der Waals surface area contributed by atoms with Crippen LogP contribution in [0.15, 0.2) is 55.0 Å². The zero-order valence-electron chi connectivity index (χ0n) is 20.5. The highest BCUT2D eigenvalue weighted by atomic mass is 19.4. The van der Waals surface area contributed by atoms with E-state index in [0.717, 1.165) is 5.56 Å². The number of nitrogens with zero attached hydrogens (tertiary/aromatic N) is 5. The average Bonchev–Trinajstić information content (AvgIpc) is 3.31. The molecule has 2 N–H and O–H groups in total. The van der Waals surface area contributed by atoms with Gasteiger partial charge in [0, 0.05) is 54.9 Å². The van der Waals surface area contributed by atoms with Crippen molar-refractivity contribution in [3.63, 3.8) is 0 Å². The number of alkyl halides is 3. The summed E-state index contributed by atoms with van der Waals surface area (Å²) in [6, 6.07) is 10.6. The van der Waals surface area contributed by atoms with E-state index in [1.165, 1.54) is 14.2 Å². The van der Waals surface area contributed by atoms with Crippen LogP contribution in [0, 0.1) is 0 Å². The van der Waals surface area contributed by atoms with Gasteiger partial charge in [-0.25, -0.2) is 4.98 Å². The molecule has 0 fully saturated rings. The van der Waals surface area contributed by atoms with Gasteiger partial charge in [-0.05, 0) is 18.2 Å². The lowest BCUT2D eigenvalue weighted by molar-refractivity contribution is -0.125. The van der Waals surface area contributed by atoms with Crippen molar-refractivity contribution >= 4 is 22.4 Å². The number of methoxy groups -OCH3 is 2. The van der Waals surface area contributed by atoms with Gasteiger partial charge in [-0.1, -0.05) is 0 Å². The number of benzene rings is 2. The molecule has 0 radical (unpaired) electrons. The first kappa shape index (κ1) is 26.2. The Morgan fingerprint density at radius 1 is 1.03 bits per heavy atom. The number of aromatic nitrogens is 4. The van der Waals surface area contributed by atoms with Crippen LogP contribution < -0.4 is 19.7 Å². The van der Waals surface area contributed by atoms with Crippen LogP contribution in [0.4, 0.5) is 24.5 Å². The zero-order chi connectivity index (χ0) is 26.6. The first-order chi connectivity index (χ1) is 17.6. The Balaban J connectivity index is 1.71. The normalized spacial score (nSPS) is 12.5. The van der Waals surface area contributed by atoms with Crippen molar-refractivity contribution in [2.75, 3.05) is 38.8 Å². The highest BCUT2D eigenvalue weighted by Gasteiger charge is 2.27. The molecular formula is C25H27F3N6O3. The van der Waals surface area contributed by atoms with E-state index in [2.05, 4.69) is 15.4 Å². The van der Waals surface area contributed by atoms with Gasteiger partial charge in [0.2, 0.25) is 0 Å². The molecule has 0 aliphatic heterocycles. The largest absolute Gasteiger partial charge is 0.497 e. The molecule has 0 aliphatic carbocycles. The molecule has 196 valence electrons. The summed E-state index contributed by atoms with van der Waals surface area (Å²) in [5, 5.41) is 17.1. The second-order valence-electron chi connectivity index (χ2n) is 8.41. The number of aryl methyl sites for hydroxylation is 1. The third kappa shape index (κ3) is 6.66. The molecule has 0 aliphatic rings.